The Morgan fingerprint density at radius 1 is 1.16 bits per heavy atom. The summed E-state index contributed by atoms with van der Waals surface area (Å²) in [6.45, 7) is 2.03. The van der Waals surface area contributed by atoms with Crippen molar-refractivity contribution in [3.63, 3.8) is 0 Å². The summed E-state index contributed by atoms with van der Waals surface area (Å²) in [7, 11) is -3.32. The summed E-state index contributed by atoms with van der Waals surface area (Å²) in [5.41, 5.74) is 1.79. The zero-order valence-electron chi connectivity index (χ0n) is 10.7. The number of nitrogens with one attached hydrogen (secondary N) is 1. The van der Waals surface area contributed by atoms with Crippen molar-refractivity contribution in [2.24, 2.45) is 0 Å². The van der Waals surface area contributed by atoms with Crippen LogP contribution in [0.3, 0.4) is 0 Å². The SMILES string of the molecule is CCc1cncc(NCS(=O)(=O)c2ccccc2)c1. The molecule has 0 amide bonds. The summed E-state index contributed by atoms with van der Waals surface area (Å²) in [4.78, 5) is 4.39. The minimum absolute atomic E-state index is 0.133. The Morgan fingerprint density at radius 2 is 1.89 bits per heavy atom. The van der Waals surface area contributed by atoms with Gasteiger partial charge in [-0.1, -0.05) is 25.1 Å². The zero-order chi connectivity index (χ0) is 13.7. The van der Waals surface area contributed by atoms with Gasteiger partial charge in [0.05, 0.1) is 10.6 Å². The highest BCUT2D eigenvalue weighted by Gasteiger charge is 2.13. The third-order valence-corrected chi connectivity index (χ3v) is 4.29. The molecule has 1 N–H and O–H groups in total. The van der Waals surface area contributed by atoms with Gasteiger partial charge in [0.2, 0.25) is 0 Å². The Balaban J connectivity index is 2.10. The zero-order valence-corrected chi connectivity index (χ0v) is 11.5. The van der Waals surface area contributed by atoms with Gasteiger partial charge >= 0.3 is 0 Å². The number of nitrogens with zero attached hydrogens (tertiary/aromatic N) is 1. The fourth-order valence-electron chi connectivity index (χ4n) is 1.67. The number of aromatic nitrogens is 1. The molecule has 0 atom stereocenters. The first kappa shape index (κ1) is 13.5. The van der Waals surface area contributed by atoms with E-state index in [-0.39, 0.29) is 5.88 Å². The van der Waals surface area contributed by atoms with Crippen molar-refractivity contribution in [2.75, 3.05) is 11.2 Å². The minimum atomic E-state index is -3.32. The second-order valence-corrected chi connectivity index (χ2v) is 6.17. The molecule has 0 radical (unpaired) electrons. The van der Waals surface area contributed by atoms with Crippen LogP contribution in [0.5, 0.6) is 0 Å². The molecule has 19 heavy (non-hydrogen) atoms. The van der Waals surface area contributed by atoms with Gasteiger partial charge in [0, 0.05) is 12.4 Å². The molecular weight excluding hydrogens is 260 g/mol. The summed E-state index contributed by atoms with van der Waals surface area (Å²) in [6, 6.07) is 10.3. The fraction of sp³-hybridized carbons (Fsp3) is 0.214. The lowest BCUT2D eigenvalue weighted by atomic mass is 10.2. The average molecular weight is 276 g/mol. The Labute approximate surface area is 113 Å². The van der Waals surface area contributed by atoms with Crippen LogP contribution in [-0.4, -0.2) is 19.3 Å². The van der Waals surface area contributed by atoms with E-state index in [4.69, 9.17) is 0 Å². The summed E-state index contributed by atoms with van der Waals surface area (Å²) < 4.78 is 24.2. The molecule has 2 aromatic rings. The molecule has 0 bridgehead atoms. The smallest absolute Gasteiger partial charge is 0.196 e. The Hall–Kier alpha value is -1.88. The number of anilines is 1. The quantitative estimate of drug-likeness (QED) is 0.911. The van der Waals surface area contributed by atoms with E-state index in [1.54, 1.807) is 42.7 Å². The molecule has 0 saturated carbocycles. The predicted molar refractivity (Wildman–Crippen MR) is 75.7 cm³/mol. The van der Waals surface area contributed by atoms with Crippen LogP contribution in [0, 0.1) is 0 Å². The Morgan fingerprint density at radius 3 is 2.58 bits per heavy atom. The van der Waals surface area contributed by atoms with Crippen LogP contribution in [0.15, 0.2) is 53.7 Å². The van der Waals surface area contributed by atoms with Crippen LogP contribution in [-0.2, 0) is 16.3 Å². The number of rotatable bonds is 5. The lowest BCUT2D eigenvalue weighted by Crippen LogP contribution is -2.14. The van der Waals surface area contributed by atoms with Gasteiger partial charge in [-0.05, 0) is 30.2 Å². The summed E-state index contributed by atoms with van der Waals surface area (Å²) >= 11 is 0. The van der Waals surface area contributed by atoms with Crippen LogP contribution in [0.2, 0.25) is 0 Å². The molecule has 0 aliphatic heterocycles. The van der Waals surface area contributed by atoms with E-state index < -0.39 is 9.84 Å². The number of benzene rings is 1. The van der Waals surface area contributed by atoms with E-state index in [2.05, 4.69) is 10.3 Å². The molecule has 0 aliphatic carbocycles. The van der Waals surface area contributed by atoms with Gasteiger partial charge in [0.25, 0.3) is 0 Å². The van der Waals surface area contributed by atoms with Gasteiger partial charge in [-0.2, -0.15) is 0 Å². The molecule has 1 heterocycles. The van der Waals surface area contributed by atoms with E-state index in [1.807, 2.05) is 13.0 Å². The van der Waals surface area contributed by atoms with Crippen LogP contribution in [0.25, 0.3) is 0 Å². The summed E-state index contributed by atoms with van der Waals surface area (Å²) in [6.07, 6.45) is 4.27. The van der Waals surface area contributed by atoms with Crippen molar-refractivity contribution >= 4 is 15.5 Å². The second-order valence-electron chi connectivity index (χ2n) is 4.18. The van der Waals surface area contributed by atoms with Gasteiger partial charge < -0.3 is 5.32 Å². The van der Waals surface area contributed by atoms with E-state index >= 15 is 0 Å². The van der Waals surface area contributed by atoms with Crippen LogP contribution in [0.1, 0.15) is 12.5 Å². The minimum Gasteiger partial charge on any atom is -0.370 e. The highest BCUT2D eigenvalue weighted by Crippen LogP contribution is 2.13. The van der Waals surface area contributed by atoms with Gasteiger partial charge in [-0.25, -0.2) is 8.42 Å². The van der Waals surface area contributed by atoms with Gasteiger partial charge in [-0.3, -0.25) is 4.98 Å². The van der Waals surface area contributed by atoms with Crippen molar-refractivity contribution < 1.29 is 8.42 Å². The maximum atomic E-state index is 12.1. The lowest BCUT2D eigenvalue weighted by Gasteiger charge is -2.08. The molecule has 2 rings (SSSR count). The average Bonchev–Trinajstić information content (AvgIpc) is 2.46. The highest BCUT2D eigenvalue weighted by atomic mass is 32.2. The molecule has 4 nitrogen and oxygen atoms in total. The monoisotopic (exact) mass is 276 g/mol. The second kappa shape index (κ2) is 5.84. The van der Waals surface area contributed by atoms with Crippen LogP contribution in [0.4, 0.5) is 5.69 Å². The first-order valence-electron chi connectivity index (χ1n) is 6.07. The Bertz CT molecular complexity index is 640. The molecular formula is C14H16N2O2S. The van der Waals surface area contributed by atoms with Crippen LogP contribution < -0.4 is 5.32 Å². The summed E-state index contributed by atoms with van der Waals surface area (Å²) in [5, 5.41) is 2.91. The van der Waals surface area contributed by atoms with Crippen molar-refractivity contribution in [3.05, 3.63) is 54.4 Å². The van der Waals surface area contributed by atoms with Crippen molar-refractivity contribution in [1.82, 2.24) is 4.98 Å². The van der Waals surface area contributed by atoms with Gasteiger partial charge in [0.15, 0.2) is 9.84 Å². The molecule has 0 fully saturated rings. The molecule has 100 valence electrons. The molecule has 0 spiro atoms. The lowest BCUT2D eigenvalue weighted by molar-refractivity contribution is 0.598. The third kappa shape index (κ3) is 3.54. The van der Waals surface area contributed by atoms with Crippen molar-refractivity contribution in [3.8, 4) is 0 Å². The molecule has 0 aliphatic rings. The predicted octanol–water partition coefficient (Wildman–Crippen LogP) is 2.49. The van der Waals surface area contributed by atoms with Crippen molar-refractivity contribution in [1.29, 1.82) is 0 Å². The first-order chi connectivity index (χ1) is 9.12. The maximum Gasteiger partial charge on any atom is 0.196 e. The fourth-order valence-corrected chi connectivity index (χ4v) is 2.76. The normalized spacial score (nSPS) is 11.2. The molecule has 1 aromatic heterocycles. The van der Waals surface area contributed by atoms with Gasteiger partial charge in [0.1, 0.15) is 5.88 Å². The molecule has 0 saturated heterocycles. The molecule has 0 unspecified atom stereocenters. The number of sulfone groups is 1. The topological polar surface area (TPSA) is 59.1 Å². The standard InChI is InChI=1S/C14H16N2O2S/c1-2-12-8-13(10-15-9-12)16-11-19(17,18)14-6-4-3-5-7-14/h3-10,16H,2,11H2,1H3. The van der Waals surface area contributed by atoms with E-state index in [1.165, 1.54) is 0 Å². The Kier molecular flexibility index (Phi) is 4.16. The van der Waals surface area contributed by atoms with Crippen LogP contribution >= 0.6 is 0 Å². The number of aryl methyl sites for hydroxylation is 1. The van der Waals surface area contributed by atoms with E-state index in [0.717, 1.165) is 17.7 Å². The largest absolute Gasteiger partial charge is 0.370 e. The molecule has 1 aromatic carbocycles. The van der Waals surface area contributed by atoms with E-state index in [9.17, 15) is 8.42 Å². The number of hydrogen-bond donors (Lipinski definition) is 1. The highest BCUT2D eigenvalue weighted by molar-refractivity contribution is 7.91. The number of hydrogen-bond acceptors (Lipinski definition) is 4. The van der Waals surface area contributed by atoms with Crippen molar-refractivity contribution in [2.45, 2.75) is 18.2 Å². The first-order valence-corrected chi connectivity index (χ1v) is 7.72. The molecule has 5 heteroatoms. The summed E-state index contributed by atoms with van der Waals surface area (Å²) in [5.74, 6) is -0.133. The third-order valence-electron chi connectivity index (χ3n) is 2.77. The van der Waals surface area contributed by atoms with E-state index in [0.29, 0.717) is 4.90 Å². The maximum absolute atomic E-state index is 12.1. The number of pyridine rings is 1. The van der Waals surface area contributed by atoms with Gasteiger partial charge in [-0.15, -0.1) is 0 Å².